The molecule has 98 valence electrons. The highest BCUT2D eigenvalue weighted by molar-refractivity contribution is 5.79. The van der Waals surface area contributed by atoms with Crippen LogP contribution in [0, 0.1) is 11.8 Å². The summed E-state index contributed by atoms with van der Waals surface area (Å²) in [5, 5.41) is 6.15. The zero-order chi connectivity index (χ0) is 12.1. The molecule has 0 aromatic carbocycles. The van der Waals surface area contributed by atoms with E-state index in [2.05, 4.69) is 22.5 Å². The van der Waals surface area contributed by atoms with Gasteiger partial charge in [-0.2, -0.15) is 0 Å². The van der Waals surface area contributed by atoms with Gasteiger partial charge in [0.15, 0.2) is 0 Å². The fourth-order valence-corrected chi connectivity index (χ4v) is 2.42. The number of piperidine rings is 1. The smallest absolute Gasteiger partial charge is 0.225 e. The summed E-state index contributed by atoms with van der Waals surface area (Å²) in [5.74, 6) is 1.36. The summed E-state index contributed by atoms with van der Waals surface area (Å²) >= 11 is 0. The van der Waals surface area contributed by atoms with Gasteiger partial charge in [0.05, 0.1) is 5.92 Å². The van der Waals surface area contributed by atoms with Gasteiger partial charge < -0.3 is 15.5 Å². The number of carbonyl (C=O) groups is 1. The molecule has 0 aromatic rings. The molecule has 4 heteroatoms. The Kier molecular flexibility index (Phi) is 4.80. The van der Waals surface area contributed by atoms with Crippen molar-refractivity contribution in [3.05, 3.63) is 0 Å². The lowest BCUT2D eigenvalue weighted by Gasteiger charge is -2.30. The van der Waals surface area contributed by atoms with Crippen LogP contribution in [0.15, 0.2) is 0 Å². The van der Waals surface area contributed by atoms with Gasteiger partial charge in [-0.25, -0.2) is 0 Å². The topological polar surface area (TPSA) is 44.4 Å². The molecule has 17 heavy (non-hydrogen) atoms. The van der Waals surface area contributed by atoms with E-state index in [1.165, 1.54) is 25.9 Å². The van der Waals surface area contributed by atoms with Crippen LogP contribution in [-0.2, 0) is 4.79 Å². The van der Waals surface area contributed by atoms with Gasteiger partial charge in [-0.05, 0) is 44.8 Å². The molecule has 2 aliphatic rings. The molecule has 2 heterocycles. The van der Waals surface area contributed by atoms with Gasteiger partial charge in [-0.1, -0.05) is 6.92 Å². The first kappa shape index (κ1) is 12.8. The first-order valence-corrected chi connectivity index (χ1v) is 6.96. The maximum Gasteiger partial charge on any atom is 0.225 e. The van der Waals surface area contributed by atoms with Crippen LogP contribution >= 0.6 is 0 Å². The molecule has 0 aromatic heterocycles. The average molecular weight is 239 g/mol. The van der Waals surface area contributed by atoms with Crippen molar-refractivity contribution in [2.45, 2.75) is 26.2 Å². The van der Waals surface area contributed by atoms with Crippen LogP contribution in [0.3, 0.4) is 0 Å². The quantitative estimate of drug-likeness (QED) is 0.685. The van der Waals surface area contributed by atoms with Gasteiger partial charge in [0.25, 0.3) is 0 Å². The van der Waals surface area contributed by atoms with E-state index in [9.17, 15) is 4.79 Å². The Labute approximate surface area is 104 Å². The van der Waals surface area contributed by atoms with Gasteiger partial charge in [-0.15, -0.1) is 0 Å². The average Bonchev–Trinajstić information content (AvgIpc) is 2.24. The second-order valence-corrected chi connectivity index (χ2v) is 5.52. The number of amides is 1. The predicted molar refractivity (Wildman–Crippen MR) is 68.8 cm³/mol. The highest BCUT2D eigenvalue weighted by Gasteiger charge is 2.24. The Morgan fingerprint density at radius 1 is 1.35 bits per heavy atom. The number of rotatable bonds is 5. The van der Waals surface area contributed by atoms with Crippen LogP contribution in [0.4, 0.5) is 0 Å². The van der Waals surface area contributed by atoms with Gasteiger partial charge in [0.2, 0.25) is 5.91 Å². The summed E-state index contributed by atoms with van der Waals surface area (Å²) < 4.78 is 0. The molecule has 0 atom stereocenters. The maximum absolute atomic E-state index is 11.6. The Hall–Kier alpha value is -0.610. The van der Waals surface area contributed by atoms with Crippen LogP contribution in [0.5, 0.6) is 0 Å². The van der Waals surface area contributed by atoms with Crippen molar-refractivity contribution < 1.29 is 4.79 Å². The summed E-state index contributed by atoms with van der Waals surface area (Å²) in [7, 11) is 0. The van der Waals surface area contributed by atoms with Crippen molar-refractivity contribution in [3.8, 4) is 0 Å². The lowest BCUT2D eigenvalue weighted by atomic mass is 9.99. The highest BCUT2D eigenvalue weighted by Crippen LogP contribution is 2.15. The largest absolute Gasteiger partial charge is 0.356 e. The maximum atomic E-state index is 11.6. The number of nitrogens with zero attached hydrogens (tertiary/aromatic N) is 1. The molecule has 2 N–H and O–H groups in total. The lowest BCUT2D eigenvalue weighted by Crippen LogP contribution is -2.51. The van der Waals surface area contributed by atoms with Crippen molar-refractivity contribution in [2.75, 3.05) is 39.3 Å². The Morgan fingerprint density at radius 2 is 2.06 bits per heavy atom. The minimum absolute atomic E-state index is 0.228. The minimum atomic E-state index is 0.228. The van der Waals surface area contributed by atoms with E-state index in [-0.39, 0.29) is 11.8 Å². The van der Waals surface area contributed by atoms with E-state index in [0.717, 1.165) is 38.5 Å². The SMILES string of the molecule is CC1CCN(CCCNC(=O)C2CNC2)CC1. The van der Waals surface area contributed by atoms with E-state index >= 15 is 0 Å². The van der Waals surface area contributed by atoms with Crippen molar-refractivity contribution >= 4 is 5.91 Å². The fraction of sp³-hybridized carbons (Fsp3) is 0.923. The van der Waals surface area contributed by atoms with Crippen LogP contribution in [0.2, 0.25) is 0 Å². The fourth-order valence-electron chi connectivity index (χ4n) is 2.42. The van der Waals surface area contributed by atoms with Gasteiger partial charge in [-0.3, -0.25) is 4.79 Å². The third-order valence-electron chi connectivity index (χ3n) is 3.98. The molecule has 1 amide bonds. The first-order chi connectivity index (χ1) is 8.25. The minimum Gasteiger partial charge on any atom is -0.356 e. The van der Waals surface area contributed by atoms with E-state index < -0.39 is 0 Å². The van der Waals surface area contributed by atoms with E-state index in [0.29, 0.717) is 0 Å². The zero-order valence-corrected chi connectivity index (χ0v) is 10.9. The third-order valence-corrected chi connectivity index (χ3v) is 3.98. The van der Waals surface area contributed by atoms with Crippen molar-refractivity contribution in [3.63, 3.8) is 0 Å². The molecule has 0 unspecified atom stereocenters. The van der Waals surface area contributed by atoms with Crippen molar-refractivity contribution in [2.24, 2.45) is 11.8 Å². The Balaban J connectivity index is 1.49. The predicted octanol–water partition coefficient (Wildman–Crippen LogP) is 0.444. The summed E-state index contributed by atoms with van der Waals surface area (Å²) in [6.45, 7) is 8.50. The standard InChI is InChI=1S/C13H25N3O/c1-11-3-7-16(8-4-11)6-2-5-15-13(17)12-9-14-10-12/h11-12,14H,2-10H2,1H3,(H,15,17). The molecule has 2 saturated heterocycles. The molecular weight excluding hydrogens is 214 g/mol. The lowest BCUT2D eigenvalue weighted by molar-refractivity contribution is -0.126. The monoisotopic (exact) mass is 239 g/mol. The van der Waals surface area contributed by atoms with E-state index in [1.54, 1.807) is 0 Å². The molecule has 0 saturated carbocycles. The van der Waals surface area contributed by atoms with Crippen LogP contribution in [-0.4, -0.2) is 50.1 Å². The normalized spacial score (nSPS) is 23.4. The number of nitrogens with one attached hydrogen (secondary N) is 2. The molecule has 2 aliphatic heterocycles. The van der Waals surface area contributed by atoms with Crippen LogP contribution in [0.25, 0.3) is 0 Å². The molecule has 0 aliphatic carbocycles. The second-order valence-electron chi connectivity index (χ2n) is 5.52. The van der Waals surface area contributed by atoms with Crippen molar-refractivity contribution in [1.82, 2.24) is 15.5 Å². The van der Waals surface area contributed by atoms with Gasteiger partial charge in [0.1, 0.15) is 0 Å². The zero-order valence-electron chi connectivity index (χ0n) is 10.9. The molecule has 4 nitrogen and oxygen atoms in total. The Bertz CT molecular complexity index is 245. The molecule has 2 rings (SSSR count). The first-order valence-electron chi connectivity index (χ1n) is 6.96. The van der Waals surface area contributed by atoms with E-state index in [4.69, 9.17) is 0 Å². The summed E-state index contributed by atoms with van der Waals surface area (Å²) in [5.41, 5.74) is 0. The van der Waals surface area contributed by atoms with E-state index in [1.807, 2.05) is 0 Å². The van der Waals surface area contributed by atoms with Crippen LogP contribution < -0.4 is 10.6 Å². The third kappa shape index (κ3) is 3.96. The second kappa shape index (κ2) is 6.36. The molecular formula is C13H25N3O. The van der Waals surface area contributed by atoms with Gasteiger partial charge in [0, 0.05) is 19.6 Å². The highest BCUT2D eigenvalue weighted by atomic mass is 16.2. The molecule has 0 spiro atoms. The number of carbonyl (C=O) groups excluding carboxylic acids is 1. The summed E-state index contributed by atoms with van der Waals surface area (Å²) in [6, 6.07) is 0. The van der Waals surface area contributed by atoms with Crippen molar-refractivity contribution in [1.29, 1.82) is 0 Å². The van der Waals surface area contributed by atoms with Gasteiger partial charge >= 0.3 is 0 Å². The number of likely N-dealkylation sites (tertiary alicyclic amines) is 1. The molecule has 2 fully saturated rings. The summed E-state index contributed by atoms with van der Waals surface area (Å²) in [4.78, 5) is 14.1. The molecule has 0 radical (unpaired) electrons. The van der Waals surface area contributed by atoms with Crippen LogP contribution in [0.1, 0.15) is 26.2 Å². The Morgan fingerprint density at radius 3 is 2.65 bits per heavy atom. The molecule has 0 bridgehead atoms. The number of hydrogen-bond acceptors (Lipinski definition) is 3. The number of hydrogen-bond donors (Lipinski definition) is 2. The summed E-state index contributed by atoms with van der Waals surface area (Å²) in [6.07, 6.45) is 3.75.